The molecule has 10 nitrogen and oxygen atoms in total. The van der Waals surface area contributed by atoms with Crippen molar-refractivity contribution < 1.29 is 34.0 Å². The summed E-state index contributed by atoms with van der Waals surface area (Å²) in [4.78, 5) is 25.8. The molecule has 1 aliphatic rings. The van der Waals surface area contributed by atoms with Crippen LogP contribution in [0.15, 0.2) is 78.9 Å². The fraction of sp³-hybridized carbons (Fsp3) is 0.412. The summed E-state index contributed by atoms with van der Waals surface area (Å²) in [6.45, 7) is 6.33. The summed E-state index contributed by atoms with van der Waals surface area (Å²) in [6, 6.07) is 23.8. The van der Waals surface area contributed by atoms with E-state index < -0.39 is 24.4 Å². The summed E-state index contributed by atoms with van der Waals surface area (Å²) < 4.78 is 17.9. The van der Waals surface area contributed by atoms with Crippen LogP contribution in [-0.4, -0.2) is 66.0 Å². The molecule has 0 aromatic heterocycles. The maximum atomic E-state index is 12.2. The van der Waals surface area contributed by atoms with Crippen LogP contribution in [0.4, 0.5) is 10.5 Å². The average Bonchev–Trinajstić information content (AvgIpc) is 3.05. The number of rotatable bonds is 12. The van der Waals surface area contributed by atoms with E-state index in [4.69, 9.17) is 14.2 Å². The van der Waals surface area contributed by atoms with Crippen molar-refractivity contribution in [2.75, 3.05) is 32.1 Å². The molecule has 1 heterocycles. The van der Waals surface area contributed by atoms with Crippen LogP contribution in [0, 0.1) is 5.92 Å². The zero-order valence-corrected chi connectivity index (χ0v) is 25.7. The predicted molar refractivity (Wildman–Crippen MR) is 167 cm³/mol. The molecule has 0 spiro atoms. The summed E-state index contributed by atoms with van der Waals surface area (Å²) in [5.41, 5.74) is 3.96. The van der Waals surface area contributed by atoms with E-state index in [9.17, 15) is 19.8 Å². The number of benzene rings is 3. The molecular formula is C34H43N3O7. The minimum absolute atomic E-state index is 0.0289. The largest absolute Gasteiger partial charge is 0.465 e. The van der Waals surface area contributed by atoms with Gasteiger partial charge in [0.05, 0.1) is 31.5 Å². The molecule has 0 bridgehead atoms. The first-order chi connectivity index (χ1) is 21.2. The molecule has 0 aliphatic carbocycles. The van der Waals surface area contributed by atoms with Crippen LogP contribution in [0.1, 0.15) is 61.5 Å². The lowest BCUT2D eigenvalue weighted by atomic mass is 9.89. The smallest absolute Gasteiger partial charge is 0.325 e. The van der Waals surface area contributed by atoms with Crippen LogP contribution in [0.25, 0.3) is 0 Å². The number of hydrogen-bond donors (Lipinski definition) is 4. The van der Waals surface area contributed by atoms with Gasteiger partial charge >= 0.3 is 12.0 Å². The van der Waals surface area contributed by atoms with Gasteiger partial charge in [0, 0.05) is 29.8 Å². The van der Waals surface area contributed by atoms with Crippen molar-refractivity contribution in [1.82, 2.24) is 10.2 Å². The van der Waals surface area contributed by atoms with Gasteiger partial charge < -0.3 is 35.1 Å². The van der Waals surface area contributed by atoms with E-state index >= 15 is 0 Å². The number of esters is 1. The van der Waals surface area contributed by atoms with Crippen LogP contribution in [-0.2, 0) is 25.6 Å². The molecule has 4 N–H and O–H groups in total. The molecule has 3 aromatic rings. The molecule has 10 heteroatoms. The number of urea groups is 1. The third-order valence-electron chi connectivity index (χ3n) is 8.02. The zero-order chi connectivity index (χ0) is 31.6. The van der Waals surface area contributed by atoms with E-state index in [1.807, 2.05) is 80.7 Å². The fourth-order valence-corrected chi connectivity index (χ4v) is 5.21. The number of nitrogens with one attached hydrogen (secondary N) is 2. The number of nitrogens with zero attached hydrogens (tertiary/aromatic N) is 1. The number of carbonyl (C=O) groups is 2. The van der Waals surface area contributed by atoms with Crippen molar-refractivity contribution >= 4 is 17.7 Å². The van der Waals surface area contributed by atoms with Crippen molar-refractivity contribution in [2.45, 2.75) is 58.0 Å². The van der Waals surface area contributed by atoms with E-state index in [-0.39, 0.29) is 43.9 Å². The van der Waals surface area contributed by atoms with Crippen molar-refractivity contribution in [1.29, 1.82) is 0 Å². The molecule has 6 atom stereocenters. The van der Waals surface area contributed by atoms with Gasteiger partial charge in [0.1, 0.15) is 6.54 Å². The quantitative estimate of drug-likeness (QED) is 0.219. The van der Waals surface area contributed by atoms with E-state index in [0.29, 0.717) is 12.2 Å². The van der Waals surface area contributed by atoms with Crippen molar-refractivity contribution in [3.05, 3.63) is 101 Å². The third kappa shape index (κ3) is 8.64. The standard InChI is InChI=1S/C34H43N3O7/c1-5-42-30(39)19-35-34(41)36-28-17-15-27(16-18-28)33-43-29(20-37(4)23(3)31(40)25-9-7-6-8-10-25)22(2)32(44-33)26-13-11-24(21-38)12-14-26/h6-18,22-23,29,31-33,38,40H,5,19-21H2,1-4H3,(H2,35,36,41). The van der Waals surface area contributed by atoms with Crippen LogP contribution in [0.2, 0.25) is 0 Å². The molecule has 0 saturated carbocycles. The Hall–Kier alpha value is -3.80. The Labute approximate surface area is 258 Å². The molecule has 3 aromatic carbocycles. The van der Waals surface area contributed by atoms with Crippen LogP contribution >= 0.6 is 0 Å². The van der Waals surface area contributed by atoms with Crippen molar-refractivity contribution in [3.8, 4) is 0 Å². The lowest BCUT2D eigenvalue weighted by Crippen LogP contribution is -2.46. The van der Waals surface area contributed by atoms with Gasteiger partial charge in [0.2, 0.25) is 0 Å². The fourth-order valence-electron chi connectivity index (χ4n) is 5.21. The van der Waals surface area contributed by atoms with E-state index in [1.54, 1.807) is 19.1 Å². The molecule has 1 fully saturated rings. The number of aliphatic hydroxyl groups excluding tert-OH is 2. The van der Waals surface area contributed by atoms with E-state index in [0.717, 1.165) is 22.3 Å². The van der Waals surface area contributed by atoms with Gasteiger partial charge in [-0.05, 0) is 49.7 Å². The van der Waals surface area contributed by atoms with Gasteiger partial charge in [-0.3, -0.25) is 9.69 Å². The molecule has 0 radical (unpaired) electrons. The van der Waals surface area contributed by atoms with E-state index in [2.05, 4.69) is 22.5 Å². The number of ether oxygens (including phenoxy) is 3. The maximum Gasteiger partial charge on any atom is 0.325 e. The molecule has 236 valence electrons. The monoisotopic (exact) mass is 605 g/mol. The minimum Gasteiger partial charge on any atom is -0.465 e. The highest BCUT2D eigenvalue weighted by atomic mass is 16.7. The highest BCUT2D eigenvalue weighted by Crippen LogP contribution is 2.42. The first kappa shape index (κ1) is 33.1. The zero-order valence-electron chi connectivity index (χ0n) is 25.7. The highest BCUT2D eigenvalue weighted by molar-refractivity contribution is 5.91. The normalized spacial score (nSPS) is 21.3. The Morgan fingerprint density at radius 3 is 2.27 bits per heavy atom. The Kier molecular flexibility index (Phi) is 11.9. The average molecular weight is 606 g/mol. The number of hydrogen-bond acceptors (Lipinski definition) is 8. The molecule has 44 heavy (non-hydrogen) atoms. The summed E-state index contributed by atoms with van der Waals surface area (Å²) in [7, 11) is 1.98. The number of likely N-dealkylation sites (N-methyl/N-ethyl adjacent to an activating group) is 1. The molecule has 1 aliphatic heterocycles. The molecule has 6 unspecified atom stereocenters. The molecule has 1 saturated heterocycles. The maximum absolute atomic E-state index is 12.2. The second-order valence-electron chi connectivity index (χ2n) is 11.1. The molecule has 4 rings (SSSR count). The second-order valence-corrected chi connectivity index (χ2v) is 11.1. The SMILES string of the molecule is CCOC(=O)CNC(=O)Nc1ccc(C2OC(CN(C)C(C)C(O)c3ccccc3)C(C)C(c3ccc(CO)cc3)O2)cc1. The van der Waals surface area contributed by atoms with Gasteiger partial charge in [-0.15, -0.1) is 0 Å². The van der Waals surface area contributed by atoms with Gasteiger partial charge in [-0.1, -0.05) is 73.7 Å². The predicted octanol–water partition coefficient (Wildman–Crippen LogP) is 4.71. The number of aliphatic hydroxyl groups is 2. The summed E-state index contributed by atoms with van der Waals surface area (Å²) >= 11 is 0. The summed E-state index contributed by atoms with van der Waals surface area (Å²) in [5, 5.41) is 25.8. The van der Waals surface area contributed by atoms with Crippen LogP contribution < -0.4 is 10.6 Å². The van der Waals surface area contributed by atoms with Gasteiger partial charge in [0.25, 0.3) is 0 Å². The lowest BCUT2D eigenvalue weighted by molar-refractivity contribution is -0.276. The van der Waals surface area contributed by atoms with E-state index in [1.165, 1.54) is 0 Å². The minimum atomic E-state index is -0.687. The van der Waals surface area contributed by atoms with Crippen LogP contribution in [0.3, 0.4) is 0 Å². The Bertz CT molecular complexity index is 1340. The first-order valence-corrected chi connectivity index (χ1v) is 14.9. The summed E-state index contributed by atoms with van der Waals surface area (Å²) in [6.07, 6.45) is -1.88. The number of anilines is 1. The third-order valence-corrected chi connectivity index (χ3v) is 8.02. The van der Waals surface area contributed by atoms with Crippen LogP contribution in [0.5, 0.6) is 0 Å². The number of carbonyl (C=O) groups excluding carboxylic acids is 2. The topological polar surface area (TPSA) is 130 Å². The molecule has 2 amide bonds. The Morgan fingerprint density at radius 2 is 1.64 bits per heavy atom. The van der Waals surface area contributed by atoms with Gasteiger partial charge in [-0.2, -0.15) is 0 Å². The highest BCUT2D eigenvalue weighted by Gasteiger charge is 2.39. The first-order valence-electron chi connectivity index (χ1n) is 14.9. The van der Waals surface area contributed by atoms with Gasteiger partial charge in [-0.25, -0.2) is 4.79 Å². The summed E-state index contributed by atoms with van der Waals surface area (Å²) in [5.74, 6) is -0.540. The second kappa shape index (κ2) is 15.8. The van der Waals surface area contributed by atoms with Crippen molar-refractivity contribution in [3.63, 3.8) is 0 Å². The Balaban J connectivity index is 1.49. The van der Waals surface area contributed by atoms with Gasteiger partial charge in [0.15, 0.2) is 6.29 Å². The lowest BCUT2D eigenvalue weighted by Gasteiger charge is -2.43. The van der Waals surface area contributed by atoms with Crippen molar-refractivity contribution in [2.24, 2.45) is 5.92 Å². The number of amides is 2. The Morgan fingerprint density at radius 1 is 0.977 bits per heavy atom. The molecular weight excluding hydrogens is 562 g/mol.